The van der Waals surface area contributed by atoms with E-state index in [-0.39, 0.29) is 34.9 Å². The van der Waals surface area contributed by atoms with Crippen LogP contribution in [0, 0.1) is 12.7 Å². The third kappa shape index (κ3) is 4.04. The van der Waals surface area contributed by atoms with Crippen molar-refractivity contribution in [2.75, 3.05) is 31.1 Å². The summed E-state index contributed by atoms with van der Waals surface area (Å²) >= 11 is 6.65. The molecule has 1 saturated heterocycles. The van der Waals surface area contributed by atoms with Gasteiger partial charge >= 0.3 is 0 Å². The zero-order valence-corrected chi connectivity index (χ0v) is 19.6. The first-order valence-electron chi connectivity index (χ1n) is 11.0. The molecule has 5 rings (SSSR count). The van der Waals surface area contributed by atoms with Crippen LogP contribution < -0.4 is 4.90 Å². The molecule has 0 saturated carbocycles. The van der Waals surface area contributed by atoms with Crippen LogP contribution in [0.15, 0.2) is 54.9 Å². The van der Waals surface area contributed by atoms with E-state index in [2.05, 4.69) is 16.5 Å². The Hall–Kier alpha value is -3.78. The van der Waals surface area contributed by atoms with Gasteiger partial charge in [-0.2, -0.15) is 0 Å². The number of benzene rings is 3. The number of amides is 1. The molecule has 1 fully saturated rings. The third-order valence-corrected chi connectivity index (χ3v) is 6.49. The van der Waals surface area contributed by atoms with Crippen LogP contribution in [0.3, 0.4) is 0 Å². The van der Waals surface area contributed by atoms with Gasteiger partial charge in [-0.15, -0.1) is 0 Å². The minimum atomic E-state index is -0.998. The highest BCUT2D eigenvalue weighted by molar-refractivity contribution is 6.35. The summed E-state index contributed by atoms with van der Waals surface area (Å²) in [6.07, 6.45) is 0. The lowest BCUT2D eigenvalue weighted by Gasteiger charge is -2.35. The van der Waals surface area contributed by atoms with Gasteiger partial charge in [-0.25, -0.2) is 18.7 Å². The molecule has 178 valence electrons. The Bertz CT molecular complexity index is 1520. The van der Waals surface area contributed by atoms with Gasteiger partial charge < -0.3 is 14.9 Å². The average molecular weight is 495 g/mol. The largest absolute Gasteiger partial charge is 0.508 e. The van der Waals surface area contributed by atoms with Crippen LogP contribution in [-0.4, -0.2) is 52.1 Å². The number of aromatic hydroxyl groups is 1. The zero-order chi connectivity index (χ0) is 24.9. The van der Waals surface area contributed by atoms with E-state index in [0.29, 0.717) is 35.7 Å². The summed E-state index contributed by atoms with van der Waals surface area (Å²) in [6.45, 7) is 6.05. The number of anilines is 1. The zero-order valence-electron chi connectivity index (χ0n) is 18.9. The van der Waals surface area contributed by atoms with Crippen LogP contribution >= 0.6 is 11.6 Å². The molecule has 4 aromatic rings. The minimum absolute atomic E-state index is 0.00259. The molecular formula is C26H21ClF2N4O2. The van der Waals surface area contributed by atoms with Crippen molar-refractivity contribution in [3.05, 3.63) is 71.5 Å². The molecule has 0 spiro atoms. The first kappa shape index (κ1) is 23.0. The monoisotopic (exact) mass is 494 g/mol. The number of aromatic nitrogens is 2. The molecule has 0 unspecified atom stereocenters. The van der Waals surface area contributed by atoms with E-state index in [4.69, 9.17) is 11.6 Å². The van der Waals surface area contributed by atoms with Gasteiger partial charge in [0.15, 0.2) is 11.6 Å². The topological polar surface area (TPSA) is 69.6 Å². The van der Waals surface area contributed by atoms with Crippen molar-refractivity contribution in [3.8, 4) is 16.9 Å². The van der Waals surface area contributed by atoms with Crippen molar-refractivity contribution >= 4 is 45.0 Å². The molecule has 0 radical (unpaired) electrons. The van der Waals surface area contributed by atoms with Crippen LogP contribution in [0.4, 0.5) is 14.6 Å². The van der Waals surface area contributed by atoms with Gasteiger partial charge in [-0.3, -0.25) is 4.79 Å². The molecule has 1 aromatic heterocycles. The molecule has 2 heterocycles. The van der Waals surface area contributed by atoms with Crippen molar-refractivity contribution < 1.29 is 18.7 Å². The van der Waals surface area contributed by atoms with Crippen LogP contribution in [0.1, 0.15) is 5.82 Å². The van der Waals surface area contributed by atoms with Gasteiger partial charge in [0.05, 0.1) is 5.02 Å². The van der Waals surface area contributed by atoms with Gasteiger partial charge in [0.1, 0.15) is 22.9 Å². The van der Waals surface area contributed by atoms with E-state index in [9.17, 15) is 14.3 Å². The molecule has 0 atom stereocenters. The summed E-state index contributed by atoms with van der Waals surface area (Å²) in [4.78, 5) is 24.1. The number of phenols is 1. The number of hydrogen-bond acceptors (Lipinski definition) is 5. The van der Waals surface area contributed by atoms with E-state index in [1.807, 2.05) is 29.2 Å². The lowest BCUT2D eigenvalue weighted by atomic mass is 9.96. The lowest BCUT2D eigenvalue weighted by molar-refractivity contribution is -0.128. The van der Waals surface area contributed by atoms with Crippen LogP contribution in [-0.2, 0) is 4.79 Å². The molecule has 1 N–H and O–H groups in total. The fraction of sp³-hybridized carbons (Fsp3) is 0.192. The Kier molecular flexibility index (Phi) is 5.76. The van der Waals surface area contributed by atoms with Crippen LogP contribution in [0.5, 0.6) is 5.75 Å². The number of carbonyl (C=O) groups is 1. The van der Waals surface area contributed by atoms with E-state index in [0.717, 1.165) is 10.8 Å². The Balaban J connectivity index is 1.63. The van der Waals surface area contributed by atoms with Crippen molar-refractivity contribution in [1.29, 1.82) is 0 Å². The highest BCUT2D eigenvalue weighted by Gasteiger charge is 2.27. The highest BCUT2D eigenvalue weighted by Crippen LogP contribution is 2.42. The molecular weight excluding hydrogens is 474 g/mol. The summed E-state index contributed by atoms with van der Waals surface area (Å²) in [5, 5.41) is 12.3. The predicted molar refractivity (Wildman–Crippen MR) is 133 cm³/mol. The molecule has 3 aromatic carbocycles. The maximum Gasteiger partial charge on any atom is 0.282 e. The summed E-state index contributed by atoms with van der Waals surface area (Å²) < 4.78 is 29.3. The Morgan fingerprint density at radius 2 is 1.80 bits per heavy atom. The van der Waals surface area contributed by atoms with Gasteiger partial charge in [0, 0.05) is 37.1 Å². The van der Waals surface area contributed by atoms with E-state index in [1.54, 1.807) is 19.1 Å². The molecule has 1 aliphatic rings. The maximum atomic E-state index is 16.1. The quantitative estimate of drug-likeness (QED) is 0.387. The van der Waals surface area contributed by atoms with Crippen LogP contribution in [0.2, 0.25) is 5.02 Å². The second-order valence-corrected chi connectivity index (χ2v) is 8.84. The van der Waals surface area contributed by atoms with Crippen molar-refractivity contribution in [1.82, 2.24) is 14.9 Å². The van der Waals surface area contributed by atoms with Gasteiger partial charge in [0.2, 0.25) is 0 Å². The number of rotatable bonds is 3. The van der Waals surface area contributed by atoms with E-state index >= 15 is 4.39 Å². The average Bonchev–Trinajstić information content (AvgIpc) is 2.83. The molecule has 9 heteroatoms. The third-order valence-electron chi connectivity index (χ3n) is 6.19. The number of nitrogens with zero attached hydrogens (tertiary/aromatic N) is 4. The van der Waals surface area contributed by atoms with Gasteiger partial charge in [-0.1, -0.05) is 42.4 Å². The van der Waals surface area contributed by atoms with Crippen molar-refractivity contribution in [2.24, 2.45) is 0 Å². The lowest BCUT2D eigenvalue weighted by Crippen LogP contribution is -2.49. The Morgan fingerprint density at radius 1 is 1.09 bits per heavy atom. The summed E-state index contributed by atoms with van der Waals surface area (Å²) in [5.74, 6) is -1.48. The number of hydrogen-bond donors (Lipinski definition) is 1. The molecule has 0 aliphatic carbocycles. The standard InChI is InChI=1S/C26H21ClF2N4O2/c1-14(28)26(35)33-9-7-32(8-10-33)25-20-13-21(27)22(23(29)24(20)30-15(2)31-25)19-12-17(34)11-16-5-3-4-6-18(16)19/h3-6,11-13,34H,1,7-10H2,2H3. The number of halogens is 3. The fourth-order valence-corrected chi connectivity index (χ4v) is 4.87. The minimum Gasteiger partial charge on any atom is -0.508 e. The number of aryl methyl sites for hydroxylation is 1. The SMILES string of the molecule is C=C(F)C(=O)N1CCN(c2nc(C)nc3c(F)c(-c4cc(O)cc5ccccc45)c(Cl)cc23)CC1. The first-order chi connectivity index (χ1) is 16.7. The summed E-state index contributed by atoms with van der Waals surface area (Å²) in [6, 6.07) is 12.1. The summed E-state index contributed by atoms with van der Waals surface area (Å²) in [5.41, 5.74) is 0.712. The van der Waals surface area contributed by atoms with Crippen molar-refractivity contribution in [3.63, 3.8) is 0 Å². The van der Waals surface area contributed by atoms with E-state index in [1.165, 1.54) is 11.0 Å². The number of phenolic OH excluding ortho intramolecular Hbond substituents is 1. The number of carbonyl (C=O) groups excluding carboxylic acids is 1. The smallest absolute Gasteiger partial charge is 0.282 e. The predicted octanol–water partition coefficient (Wildman–Crippen LogP) is 5.39. The molecule has 6 nitrogen and oxygen atoms in total. The number of piperazine rings is 1. The second-order valence-electron chi connectivity index (χ2n) is 8.44. The first-order valence-corrected chi connectivity index (χ1v) is 11.4. The Labute approximate surface area is 205 Å². The normalized spacial score (nSPS) is 14.1. The van der Waals surface area contributed by atoms with E-state index < -0.39 is 17.6 Å². The summed E-state index contributed by atoms with van der Waals surface area (Å²) in [7, 11) is 0. The van der Waals surface area contributed by atoms with Gasteiger partial charge in [-0.05, 0) is 41.5 Å². The molecule has 1 aliphatic heterocycles. The molecule has 0 bridgehead atoms. The molecule has 1 amide bonds. The fourth-order valence-electron chi connectivity index (χ4n) is 4.57. The maximum absolute atomic E-state index is 16.1. The van der Waals surface area contributed by atoms with Crippen molar-refractivity contribution in [2.45, 2.75) is 6.92 Å². The van der Waals surface area contributed by atoms with Crippen LogP contribution in [0.25, 0.3) is 32.8 Å². The highest BCUT2D eigenvalue weighted by atomic mass is 35.5. The second kappa shape index (κ2) is 8.78. The molecule has 35 heavy (non-hydrogen) atoms. The Morgan fingerprint density at radius 3 is 2.51 bits per heavy atom. The van der Waals surface area contributed by atoms with Gasteiger partial charge in [0.25, 0.3) is 5.91 Å². The number of fused-ring (bicyclic) bond motifs is 2.